The second-order valence-electron chi connectivity index (χ2n) is 3.93. The van der Waals surface area contributed by atoms with Crippen molar-refractivity contribution in [2.24, 2.45) is 0 Å². The van der Waals surface area contributed by atoms with Crippen molar-refractivity contribution in [1.82, 2.24) is 9.97 Å². The molecule has 1 aliphatic heterocycles. The Morgan fingerprint density at radius 2 is 2.22 bits per heavy atom. The summed E-state index contributed by atoms with van der Waals surface area (Å²) in [5.74, 6) is -1.12. The summed E-state index contributed by atoms with van der Waals surface area (Å²) >= 11 is 0. The third-order valence-corrected chi connectivity index (χ3v) is 3.71. The predicted molar refractivity (Wildman–Crippen MR) is 64.1 cm³/mol. The van der Waals surface area contributed by atoms with E-state index in [4.69, 9.17) is 5.11 Å². The standard InChI is InChI=1S/C10H11N3O4S/c1-6-4-8(9(14)15)13-10(11-6)12-7-2-3-18(16,17)5-7/h2-4,7H,5H2,1H3,(H,14,15)(H,11,12,13). The minimum Gasteiger partial charge on any atom is -0.477 e. The summed E-state index contributed by atoms with van der Waals surface area (Å²) < 4.78 is 22.4. The third-order valence-electron chi connectivity index (χ3n) is 2.32. The van der Waals surface area contributed by atoms with Gasteiger partial charge in [-0.15, -0.1) is 0 Å². The summed E-state index contributed by atoms with van der Waals surface area (Å²) in [5.41, 5.74) is 0.365. The zero-order valence-electron chi connectivity index (χ0n) is 9.49. The molecule has 0 aromatic carbocycles. The van der Waals surface area contributed by atoms with Crippen molar-refractivity contribution < 1.29 is 18.3 Å². The first-order chi connectivity index (χ1) is 8.35. The monoisotopic (exact) mass is 269 g/mol. The van der Waals surface area contributed by atoms with Crippen LogP contribution >= 0.6 is 0 Å². The number of aromatic nitrogens is 2. The van der Waals surface area contributed by atoms with Crippen LogP contribution in [0, 0.1) is 6.92 Å². The van der Waals surface area contributed by atoms with Gasteiger partial charge >= 0.3 is 5.97 Å². The molecule has 0 bridgehead atoms. The van der Waals surface area contributed by atoms with E-state index in [1.807, 2.05) is 0 Å². The van der Waals surface area contributed by atoms with E-state index >= 15 is 0 Å². The molecule has 0 amide bonds. The topological polar surface area (TPSA) is 109 Å². The number of carboxylic acids is 1. The quantitative estimate of drug-likeness (QED) is 0.806. The number of hydrogen-bond donors (Lipinski definition) is 2. The first kappa shape index (κ1) is 12.5. The van der Waals surface area contributed by atoms with Crippen molar-refractivity contribution in [1.29, 1.82) is 0 Å². The highest BCUT2D eigenvalue weighted by Crippen LogP contribution is 2.13. The van der Waals surface area contributed by atoms with E-state index in [1.165, 1.54) is 12.1 Å². The van der Waals surface area contributed by atoms with E-state index < -0.39 is 21.8 Å². The van der Waals surface area contributed by atoms with E-state index in [-0.39, 0.29) is 17.4 Å². The molecule has 1 atom stereocenters. The summed E-state index contributed by atoms with van der Waals surface area (Å²) in [6.45, 7) is 1.64. The summed E-state index contributed by atoms with van der Waals surface area (Å²) in [7, 11) is -3.17. The summed E-state index contributed by atoms with van der Waals surface area (Å²) in [5, 5.41) is 12.8. The lowest BCUT2D eigenvalue weighted by atomic mass is 10.3. The van der Waals surface area contributed by atoms with Gasteiger partial charge in [-0.25, -0.2) is 23.2 Å². The molecule has 1 unspecified atom stereocenters. The van der Waals surface area contributed by atoms with Gasteiger partial charge in [-0.05, 0) is 19.1 Å². The van der Waals surface area contributed by atoms with Crippen LogP contribution in [0.25, 0.3) is 0 Å². The smallest absolute Gasteiger partial charge is 0.354 e. The Hall–Kier alpha value is -1.96. The predicted octanol–water partition coefficient (Wildman–Crippen LogP) is 0.206. The van der Waals surface area contributed by atoms with Crippen LogP contribution in [0.3, 0.4) is 0 Å². The molecule has 7 nitrogen and oxygen atoms in total. The Bertz CT molecular complexity index is 624. The fraction of sp³-hybridized carbons (Fsp3) is 0.300. The van der Waals surface area contributed by atoms with Gasteiger partial charge in [0.25, 0.3) is 0 Å². The lowest BCUT2D eigenvalue weighted by Gasteiger charge is -2.10. The molecule has 0 fully saturated rings. The Kier molecular flexibility index (Phi) is 3.04. The maximum absolute atomic E-state index is 11.2. The van der Waals surface area contributed by atoms with Crippen molar-refractivity contribution in [3.05, 3.63) is 28.9 Å². The maximum atomic E-state index is 11.2. The van der Waals surface area contributed by atoms with Crippen molar-refractivity contribution >= 4 is 21.8 Å². The molecule has 1 aliphatic rings. The number of nitrogens with zero attached hydrogens (tertiary/aromatic N) is 2. The van der Waals surface area contributed by atoms with Gasteiger partial charge in [-0.1, -0.05) is 0 Å². The largest absolute Gasteiger partial charge is 0.477 e. The zero-order valence-corrected chi connectivity index (χ0v) is 10.3. The molecule has 2 N–H and O–H groups in total. The SMILES string of the molecule is Cc1cc(C(=O)O)nc(NC2C=CS(=O)(=O)C2)n1. The fourth-order valence-electron chi connectivity index (χ4n) is 1.57. The highest BCUT2D eigenvalue weighted by Gasteiger charge is 2.22. The van der Waals surface area contributed by atoms with Crippen molar-refractivity contribution in [2.45, 2.75) is 13.0 Å². The number of carboxylic acid groups (broad SMARTS) is 1. The van der Waals surface area contributed by atoms with Gasteiger partial charge in [0.05, 0.1) is 11.8 Å². The molecular weight excluding hydrogens is 258 g/mol. The van der Waals surface area contributed by atoms with Gasteiger partial charge in [0.15, 0.2) is 15.5 Å². The molecule has 0 spiro atoms. The Morgan fingerprint density at radius 3 is 2.78 bits per heavy atom. The highest BCUT2D eigenvalue weighted by atomic mass is 32.2. The first-order valence-corrected chi connectivity index (χ1v) is 6.84. The number of aromatic carboxylic acids is 1. The van der Waals surface area contributed by atoms with Gasteiger partial charge in [0.2, 0.25) is 5.95 Å². The average molecular weight is 269 g/mol. The second kappa shape index (κ2) is 4.37. The van der Waals surface area contributed by atoms with Crippen molar-refractivity contribution in [3.63, 3.8) is 0 Å². The number of carbonyl (C=O) groups is 1. The normalized spacial score (nSPS) is 20.8. The van der Waals surface area contributed by atoms with Gasteiger partial charge in [-0.2, -0.15) is 0 Å². The van der Waals surface area contributed by atoms with Gasteiger partial charge < -0.3 is 10.4 Å². The van der Waals surface area contributed by atoms with Crippen LogP contribution in [-0.2, 0) is 9.84 Å². The third kappa shape index (κ3) is 2.83. The molecule has 0 saturated carbocycles. The van der Waals surface area contributed by atoms with E-state index in [9.17, 15) is 13.2 Å². The fourth-order valence-corrected chi connectivity index (χ4v) is 2.81. The molecular formula is C10H11N3O4S. The molecule has 1 aromatic rings. The zero-order chi connectivity index (χ0) is 13.3. The van der Waals surface area contributed by atoms with Crippen molar-refractivity contribution in [3.8, 4) is 0 Å². The molecule has 2 heterocycles. The van der Waals surface area contributed by atoms with Crippen LogP contribution in [0.15, 0.2) is 17.6 Å². The number of hydrogen-bond acceptors (Lipinski definition) is 6. The number of nitrogens with one attached hydrogen (secondary N) is 1. The lowest BCUT2D eigenvalue weighted by molar-refractivity contribution is 0.0690. The van der Waals surface area contributed by atoms with Gasteiger partial charge in [0, 0.05) is 11.1 Å². The molecule has 1 aromatic heterocycles. The summed E-state index contributed by atoms with van der Waals surface area (Å²) in [4.78, 5) is 18.6. The average Bonchev–Trinajstić information content (AvgIpc) is 2.57. The molecule has 96 valence electrons. The van der Waals surface area contributed by atoms with Gasteiger partial charge in [-0.3, -0.25) is 0 Å². The second-order valence-corrected chi connectivity index (χ2v) is 5.86. The van der Waals surface area contributed by atoms with E-state index in [2.05, 4.69) is 15.3 Å². The van der Waals surface area contributed by atoms with Crippen molar-refractivity contribution in [2.75, 3.05) is 11.1 Å². The van der Waals surface area contributed by atoms with Crippen LogP contribution in [-0.4, -0.2) is 41.3 Å². The minimum atomic E-state index is -3.17. The van der Waals surface area contributed by atoms with E-state index in [0.717, 1.165) is 5.41 Å². The van der Waals surface area contributed by atoms with Crippen LogP contribution < -0.4 is 5.32 Å². The Balaban J connectivity index is 2.20. The van der Waals surface area contributed by atoms with E-state index in [1.54, 1.807) is 6.92 Å². The molecule has 2 rings (SSSR count). The number of aryl methyl sites for hydroxylation is 1. The highest BCUT2D eigenvalue weighted by molar-refractivity contribution is 7.94. The van der Waals surface area contributed by atoms with Crippen LogP contribution in [0.2, 0.25) is 0 Å². The molecule has 18 heavy (non-hydrogen) atoms. The van der Waals surface area contributed by atoms with E-state index in [0.29, 0.717) is 5.69 Å². The maximum Gasteiger partial charge on any atom is 0.354 e. The summed E-state index contributed by atoms with van der Waals surface area (Å²) in [6, 6.07) is 0.910. The lowest BCUT2D eigenvalue weighted by Crippen LogP contribution is -2.23. The Morgan fingerprint density at radius 1 is 1.50 bits per heavy atom. The Labute approximate surface area is 103 Å². The van der Waals surface area contributed by atoms with Gasteiger partial charge in [0.1, 0.15) is 0 Å². The first-order valence-electron chi connectivity index (χ1n) is 5.12. The molecule has 0 radical (unpaired) electrons. The van der Waals surface area contributed by atoms with Crippen LogP contribution in [0.5, 0.6) is 0 Å². The number of anilines is 1. The summed E-state index contributed by atoms with van der Waals surface area (Å²) in [6.07, 6.45) is 1.49. The molecule has 8 heteroatoms. The molecule has 0 saturated heterocycles. The number of sulfone groups is 1. The number of rotatable bonds is 3. The van der Waals surface area contributed by atoms with Crippen LogP contribution in [0.4, 0.5) is 5.95 Å². The minimum absolute atomic E-state index is 0.0767. The molecule has 0 aliphatic carbocycles. The van der Waals surface area contributed by atoms with Crippen LogP contribution in [0.1, 0.15) is 16.2 Å².